The van der Waals surface area contributed by atoms with E-state index in [1.807, 2.05) is 0 Å². The van der Waals surface area contributed by atoms with Crippen LogP contribution in [0.5, 0.6) is 5.75 Å². The molecule has 1 aliphatic rings. The van der Waals surface area contributed by atoms with Crippen molar-refractivity contribution in [3.8, 4) is 5.75 Å². The monoisotopic (exact) mass is 553 g/mol. The summed E-state index contributed by atoms with van der Waals surface area (Å²) in [6.45, 7) is 3.28. The molecule has 1 unspecified atom stereocenters. The normalized spacial score (nSPS) is 15.6. The van der Waals surface area contributed by atoms with Gasteiger partial charge in [-0.1, -0.05) is 40.9 Å². The van der Waals surface area contributed by atoms with E-state index in [0.717, 1.165) is 4.47 Å². The minimum absolute atomic E-state index is 0.0181. The van der Waals surface area contributed by atoms with Crippen LogP contribution in [-0.2, 0) is 14.8 Å². The lowest BCUT2D eigenvalue weighted by Crippen LogP contribution is -2.65. The second kappa shape index (κ2) is 12.4. The summed E-state index contributed by atoms with van der Waals surface area (Å²) in [7, 11) is -4.18. The third kappa shape index (κ3) is 6.44. The molecule has 39 heavy (non-hydrogen) atoms. The van der Waals surface area contributed by atoms with Crippen molar-refractivity contribution in [3.63, 3.8) is 0 Å². The Morgan fingerprint density at radius 1 is 0.974 bits per heavy atom. The van der Waals surface area contributed by atoms with Crippen LogP contribution in [0.25, 0.3) is 0 Å². The van der Waals surface area contributed by atoms with Gasteiger partial charge >= 0.3 is 5.91 Å². The minimum atomic E-state index is -4.18. The van der Waals surface area contributed by atoms with E-state index in [1.54, 1.807) is 72.6 Å². The molecule has 0 aromatic heterocycles. The molecule has 0 spiro atoms. The third-order valence-electron chi connectivity index (χ3n) is 6.30. The Balaban J connectivity index is 1.47. The molecule has 1 aliphatic heterocycles. The van der Waals surface area contributed by atoms with Gasteiger partial charge in [0.2, 0.25) is 0 Å². The average molecular weight is 554 g/mol. The highest BCUT2D eigenvalue weighted by molar-refractivity contribution is 7.92. The summed E-state index contributed by atoms with van der Waals surface area (Å²) in [5, 5.41) is 20.4. The molecule has 3 aromatic rings. The topological polar surface area (TPSA) is 131 Å². The van der Waals surface area contributed by atoms with Gasteiger partial charge in [-0.05, 0) is 55.5 Å². The summed E-state index contributed by atoms with van der Waals surface area (Å²) in [4.78, 5) is 31.1. The molecule has 12 heteroatoms. The molecule has 206 valence electrons. The number of hydrogen-bond donors (Lipinski definition) is 2. The molecule has 2 amide bonds. The van der Waals surface area contributed by atoms with Crippen LogP contribution >= 0.6 is 0 Å². The first-order valence-corrected chi connectivity index (χ1v) is 14.0. The van der Waals surface area contributed by atoms with Crippen molar-refractivity contribution >= 4 is 27.5 Å². The molecule has 0 aliphatic carbocycles. The molecule has 0 bridgehead atoms. The Hall–Kier alpha value is -3.81. The largest absolute Gasteiger partial charge is 0.604 e. The number of nitrogens with zero attached hydrogens (tertiary/aromatic N) is 3. The van der Waals surface area contributed by atoms with Crippen molar-refractivity contribution in [2.45, 2.75) is 11.8 Å². The maximum absolute atomic E-state index is 13.5. The highest BCUT2D eigenvalue weighted by atomic mass is 32.2. The summed E-state index contributed by atoms with van der Waals surface area (Å²) >= 11 is 0. The van der Waals surface area contributed by atoms with Gasteiger partial charge in [-0.25, -0.2) is 9.55 Å². The fourth-order valence-corrected chi connectivity index (χ4v) is 5.39. The number of para-hydroxylation sites is 2. The number of anilines is 1. The summed E-state index contributed by atoms with van der Waals surface area (Å²) in [5.41, 5.74) is 0.431. The van der Waals surface area contributed by atoms with E-state index >= 15 is 0 Å². The van der Waals surface area contributed by atoms with Gasteiger partial charge < -0.3 is 20.7 Å². The van der Waals surface area contributed by atoms with Crippen LogP contribution in [-0.4, -0.2) is 69.3 Å². The Morgan fingerprint density at radius 2 is 1.56 bits per heavy atom. The minimum Gasteiger partial charge on any atom is -0.604 e. The lowest BCUT2D eigenvalue weighted by Gasteiger charge is -2.47. The van der Waals surface area contributed by atoms with Crippen LogP contribution in [0.4, 0.5) is 5.69 Å². The molecule has 1 heterocycles. The van der Waals surface area contributed by atoms with E-state index in [9.17, 15) is 23.2 Å². The average Bonchev–Trinajstić information content (AvgIpc) is 2.99. The Labute approximate surface area is 227 Å². The van der Waals surface area contributed by atoms with Gasteiger partial charge in [0.15, 0.2) is 5.75 Å². The second-order valence-electron chi connectivity index (χ2n) is 8.79. The Kier molecular flexibility index (Phi) is 8.94. The van der Waals surface area contributed by atoms with Crippen LogP contribution in [0.2, 0.25) is 0 Å². The maximum Gasteiger partial charge on any atom is 0.352 e. The van der Waals surface area contributed by atoms with E-state index in [4.69, 9.17) is 4.84 Å². The number of piperazine rings is 1. The second-order valence-corrected chi connectivity index (χ2v) is 10.5. The van der Waals surface area contributed by atoms with Gasteiger partial charge in [0.1, 0.15) is 13.1 Å². The van der Waals surface area contributed by atoms with E-state index in [-0.39, 0.29) is 17.0 Å². The Bertz CT molecular complexity index is 1370. The van der Waals surface area contributed by atoms with Crippen LogP contribution in [0.15, 0.2) is 89.8 Å². The first-order chi connectivity index (χ1) is 18.8. The number of nitrogens with one attached hydrogen (secondary N) is 2. The Morgan fingerprint density at radius 3 is 2.15 bits per heavy atom. The number of hydroxylamine groups is 2. The number of benzene rings is 3. The molecule has 0 saturated carbocycles. The van der Waals surface area contributed by atoms with Crippen molar-refractivity contribution < 1.29 is 27.6 Å². The maximum atomic E-state index is 13.5. The van der Waals surface area contributed by atoms with Gasteiger partial charge in [-0.3, -0.25) is 4.79 Å². The highest BCUT2D eigenvalue weighted by Crippen LogP contribution is 2.26. The quantitative estimate of drug-likeness (QED) is 0.289. The van der Waals surface area contributed by atoms with E-state index in [1.165, 1.54) is 24.3 Å². The number of sulfonamides is 1. The zero-order valence-electron chi connectivity index (χ0n) is 21.5. The van der Waals surface area contributed by atoms with Crippen molar-refractivity contribution in [3.05, 3.63) is 95.7 Å². The zero-order chi connectivity index (χ0) is 27.9. The van der Waals surface area contributed by atoms with Gasteiger partial charge in [0, 0.05) is 18.7 Å². The number of hydrogen-bond acceptors (Lipinski definition) is 8. The number of quaternary nitrogens is 1. The molecule has 1 atom stereocenters. The number of carbonyl (C=O) groups is 2. The SMILES string of the molecule is CC[N+]([O-])(C(=O)CNC(=O)c1ccc(S(=O)(=O)N(Oc2ccccc2)c2ccccc2)cc1)N1CCNCC1. The number of carbonyl (C=O) groups excluding carboxylic acids is 2. The number of amides is 2. The third-order valence-corrected chi connectivity index (χ3v) is 7.89. The van der Waals surface area contributed by atoms with Crippen molar-refractivity contribution in [1.29, 1.82) is 0 Å². The molecule has 4 rings (SSSR count). The molecule has 1 saturated heterocycles. The first kappa shape index (κ1) is 28.2. The summed E-state index contributed by atoms with van der Waals surface area (Å²) in [6.07, 6.45) is 0. The summed E-state index contributed by atoms with van der Waals surface area (Å²) in [6, 6.07) is 22.1. The van der Waals surface area contributed by atoms with Gasteiger partial charge in [0.25, 0.3) is 15.9 Å². The molecule has 11 nitrogen and oxygen atoms in total. The van der Waals surface area contributed by atoms with Crippen LogP contribution < -0.4 is 19.9 Å². The van der Waals surface area contributed by atoms with Crippen LogP contribution in [0.1, 0.15) is 17.3 Å². The highest BCUT2D eigenvalue weighted by Gasteiger charge is 2.34. The summed E-state index contributed by atoms with van der Waals surface area (Å²) < 4.78 is 26.8. The standard InChI is InChI=1S/C27H31N5O6S/c1-2-32(35,30-19-17-28-18-20-30)26(33)21-29-27(34)22-13-15-25(16-14-22)39(36,37)31(23-9-5-3-6-10-23)38-24-11-7-4-8-12-24/h3-16,28H,2,17-21H2,1H3,(H,29,34). The summed E-state index contributed by atoms with van der Waals surface area (Å²) in [5.74, 6) is -0.953. The molecule has 1 fully saturated rings. The molecular weight excluding hydrogens is 522 g/mol. The lowest BCUT2D eigenvalue weighted by atomic mass is 10.2. The molecular formula is C27H31N5O6S. The van der Waals surface area contributed by atoms with Crippen molar-refractivity contribution in [1.82, 2.24) is 15.6 Å². The van der Waals surface area contributed by atoms with Gasteiger partial charge in [-0.2, -0.15) is 8.42 Å². The van der Waals surface area contributed by atoms with Crippen molar-refractivity contribution in [2.75, 3.05) is 43.7 Å². The van der Waals surface area contributed by atoms with E-state index in [2.05, 4.69) is 10.6 Å². The molecule has 2 N–H and O–H groups in total. The molecule has 0 radical (unpaired) electrons. The van der Waals surface area contributed by atoms with Crippen molar-refractivity contribution in [2.24, 2.45) is 0 Å². The van der Waals surface area contributed by atoms with E-state index in [0.29, 0.717) is 37.6 Å². The fourth-order valence-electron chi connectivity index (χ4n) is 4.13. The van der Waals surface area contributed by atoms with Crippen LogP contribution in [0, 0.1) is 5.21 Å². The van der Waals surface area contributed by atoms with Gasteiger partial charge in [0.05, 0.1) is 23.7 Å². The van der Waals surface area contributed by atoms with Crippen LogP contribution in [0.3, 0.4) is 0 Å². The fraction of sp³-hybridized carbons (Fsp3) is 0.259. The first-order valence-electron chi connectivity index (χ1n) is 12.6. The lowest BCUT2D eigenvalue weighted by molar-refractivity contribution is -0.925. The van der Waals surface area contributed by atoms with Gasteiger partial charge in [-0.15, -0.1) is 5.01 Å². The number of likely N-dealkylation sites (N-methyl/N-ethyl adjacent to an activating group) is 1. The smallest absolute Gasteiger partial charge is 0.352 e. The molecule has 3 aromatic carbocycles. The zero-order valence-corrected chi connectivity index (χ0v) is 22.3. The predicted octanol–water partition coefficient (Wildman–Crippen LogP) is 2.29. The number of rotatable bonds is 10. The predicted molar refractivity (Wildman–Crippen MR) is 146 cm³/mol. The van der Waals surface area contributed by atoms with E-state index < -0.39 is 33.1 Å².